The van der Waals surface area contributed by atoms with E-state index in [2.05, 4.69) is 29.7 Å². The van der Waals surface area contributed by atoms with Crippen LogP contribution in [0.2, 0.25) is 0 Å². The summed E-state index contributed by atoms with van der Waals surface area (Å²) in [6.45, 7) is 0.509. The summed E-state index contributed by atoms with van der Waals surface area (Å²) in [5.41, 5.74) is 7.65. The predicted octanol–water partition coefficient (Wildman–Crippen LogP) is 4.11. The smallest absolute Gasteiger partial charge is 0.403 e. The molecular formula is C20H19N2O4P. The van der Waals surface area contributed by atoms with Crippen LogP contribution >= 0.6 is 7.82 Å². The summed E-state index contributed by atoms with van der Waals surface area (Å²) in [6, 6.07) is 21.7. The topological polar surface area (TPSA) is 93.8 Å². The highest BCUT2D eigenvalue weighted by molar-refractivity contribution is 7.47. The molecule has 0 aliphatic carbocycles. The molecule has 0 bridgehead atoms. The molecule has 27 heavy (non-hydrogen) atoms. The van der Waals surface area contributed by atoms with Gasteiger partial charge < -0.3 is 10.3 Å². The van der Waals surface area contributed by atoms with Crippen LogP contribution in [0.3, 0.4) is 0 Å². The van der Waals surface area contributed by atoms with E-state index in [1.807, 2.05) is 30.3 Å². The Hall–Kier alpha value is -2.47. The number of hydrogen-bond acceptors (Lipinski definition) is 5. The zero-order valence-corrected chi connectivity index (χ0v) is 15.4. The number of benzene rings is 4. The average molecular weight is 382 g/mol. The molecule has 0 spiro atoms. The lowest BCUT2D eigenvalue weighted by molar-refractivity contribution is 0.132. The Morgan fingerprint density at radius 1 is 0.889 bits per heavy atom. The minimum Gasteiger partial charge on any atom is -0.403 e. The van der Waals surface area contributed by atoms with Crippen LogP contribution in [0.1, 0.15) is 0 Å². The van der Waals surface area contributed by atoms with E-state index in [4.69, 9.17) is 14.9 Å². The Labute approximate surface area is 156 Å². The molecule has 4 aromatic carbocycles. The second kappa shape index (κ2) is 7.27. The molecule has 0 saturated carbocycles. The van der Waals surface area contributed by atoms with Crippen LogP contribution in [-0.4, -0.2) is 18.0 Å². The quantitative estimate of drug-likeness (QED) is 0.201. The van der Waals surface area contributed by atoms with Crippen molar-refractivity contribution < 1.29 is 18.6 Å². The van der Waals surface area contributed by atoms with E-state index in [0.717, 1.165) is 32.3 Å². The zero-order chi connectivity index (χ0) is 18.9. The molecule has 7 heteroatoms. The van der Waals surface area contributed by atoms with Crippen LogP contribution in [0, 0.1) is 0 Å². The summed E-state index contributed by atoms with van der Waals surface area (Å²) in [5, 5.41) is 6.04. The number of fused-ring (bicyclic) bond motifs is 3. The maximum atomic E-state index is 12.1. The van der Waals surface area contributed by atoms with Gasteiger partial charge in [0.1, 0.15) is 5.75 Å². The largest absolute Gasteiger partial charge is 0.544 e. The molecule has 4 aromatic rings. The Kier molecular flexibility index (Phi) is 4.83. The van der Waals surface area contributed by atoms with Gasteiger partial charge in [0.05, 0.1) is 0 Å². The first kappa shape index (κ1) is 17.9. The molecule has 0 radical (unpaired) electrons. The maximum Gasteiger partial charge on any atom is 0.544 e. The third kappa shape index (κ3) is 3.81. The second-order valence-corrected chi connectivity index (χ2v) is 7.51. The minimum absolute atomic E-state index is 0.237. The van der Waals surface area contributed by atoms with Crippen LogP contribution in [0.25, 0.3) is 32.3 Å². The Balaban J connectivity index is 1.78. The SMILES string of the molecule is NCCNOP(=O)(O)Oc1cccc2cc3cc4ccccc4cc3cc12. The summed E-state index contributed by atoms with van der Waals surface area (Å²) >= 11 is 0. The zero-order valence-electron chi connectivity index (χ0n) is 14.5. The molecule has 4 N–H and O–H groups in total. The molecule has 0 fully saturated rings. The van der Waals surface area contributed by atoms with Crippen LogP contribution in [0.15, 0.2) is 66.7 Å². The molecule has 1 atom stereocenters. The van der Waals surface area contributed by atoms with Gasteiger partial charge in [-0.05, 0) is 57.3 Å². The summed E-state index contributed by atoms with van der Waals surface area (Å²) in [6.07, 6.45) is 0. The number of rotatable bonds is 6. The van der Waals surface area contributed by atoms with Crippen LogP contribution in [-0.2, 0) is 9.19 Å². The van der Waals surface area contributed by atoms with Crippen LogP contribution in [0.5, 0.6) is 5.75 Å². The first-order chi connectivity index (χ1) is 13.1. The fourth-order valence-corrected chi connectivity index (χ4v) is 3.80. The van der Waals surface area contributed by atoms with Gasteiger partial charge in [-0.15, -0.1) is 0 Å². The maximum absolute atomic E-state index is 12.1. The van der Waals surface area contributed by atoms with E-state index < -0.39 is 7.82 Å². The molecule has 0 saturated heterocycles. The molecule has 4 rings (SSSR count). The van der Waals surface area contributed by atoms with Crippen molar-refractivity contribution in [2.75, 3.05) is 13.1 Å². The van der Waals surface area contributed by atoms with E-state index in [1.54, 1.807) is 12.1 Å². The lowest BCUT2D eigenvalue weighted by Crippen LogP contribution is -2.22. The van der Waals surface area contributed by atoms with Gasteiger partial charge in [-0.3, -0.25) is 4.89 Å². The van der Waals surface area contributed by atoms with Crippen molar-refractivity contribution in [3.05, 3.63) is 66.7 Å². The first-order valence-electron chi connectivity index (χ1n) is 8.55. The van der Waals surface area contributed by atoms with Crippen molar-refractivity contribution in [2.45, 2.75) is 0 Å². The fraction of sp³-hybridized carbons (Fsp3) is 0.100. The average Bonchev–Trinajstić information content (AvgIpc) is 2.65. The molecule has 0 aliphatic rings. The summed E-state index contributed by atoms with van der Waals surface area (Å²) in [5.74, 6) is 0.281. The second-order valence-electron chi connectivity index (χ2n) is 6.21. The lowest BCUT2D eigenvalue weighted by Gasteiger charge is -2.15. The number of phosphoric acid groups is 1. The Bertz CT molecular complexity index is 1180. The van der Waals surface area contributed by atoms with E-state index in [0.29, 0.717) is 0 Å². The number of phosphoric ester groups is 1. The molecule has 0 aliphatic heterocycles. The van der Waals surface area contributed by atoms with Gasteiger partial charge in [0, 0.05) is 18.5 Å². The molecule has 0 aromatic heterocycles. The van der Waals surface area contributed by atoms with Crippen molar-refractivity contribution in [3.63, 3.8) is 0 Å². The van der Waals surface area contributed by atoms with Crippen LogP contribution < -0.4 is 15.7 Å². The van der Waals surface area contributed by atoms with E-state index in [1.165, 1.54) is 0 Å². The van der Waals surface area contributed by atoms with Gasteiger partial charge >= 0.3 is 7.82 Å². The molecule has 0 amide bonds. The normalized spacial score (nSPS) is 13.9. The highest BCUT2D eigenvalue weighted by Crippen LogP contribution is 2.45. The van der Waals surface area contributed by atoms with Crippen molar-refractivity contribution in [3.8, 4) is 5.75 Å². The van der Waals surface area contributed by atoms with Crippen molar-refractivity contribution in [1.29, 1.82) is 0 Å². The van der Waals surface area contributed by atoms with Gasteiger partial charge in [-0.1, -0.05) is 36.4 Å². The first-order valence-corrected chi connectivity index (χ1v) is 10.0. The molecule has 0 heterocycles. The standard InChI is InChI=1S/C20H19N2O4P/c21-8-9-22-26-27(23,24)25-20-7-3-6-16-12-17-10-14-4-1-2-5-15(14)11-18(17)13-19(16)20/h1-7,10-13,22H,8-9,21H2,(H,23,24). The number of hydroxylamine groups is 1. The van der Waals surface area contributed by atoms with Crippen LogP contribution in [0.4, 0.5) is 0 Å². The van der Waals surface area contributed by atoms with Crippen molar-refractivity contribution in [1.82, 2.24) is 5.48 Å². The van der Waals surface area contributed by atoms with Gasteiger partial charge in [0.25, 0.3) is 0 Å². The van der Waals surface area contributed by atoms with Gasteiger partial charge in [0.2, 0.25) is 0 Å². The van der Waals surface area contributed by atoms with E-state index in [-0.39, 0.29) is 18.8 Å². The van der Waals surface area contributed by atoms with Crippen molar-refractivity contribution >= 4 is 40.1 Å². The third-order valence-electron chi connectivity index (χ3n) is 4.30. The van der Waals surface area contributed by atoms with Gasteiger partial charge in [-0.2, -0.15) is 10.1 Å². The third-order valence-corrected chi connectivity index (χ3v) is 5.09. The Morgan fingerprint density at radius 3 is 2.22 bits per heavy atom. The van der Waals surface area contributed by atoms with Crippen molar-refractivity contribution in [2.24, 2.45) is 5.73 Å². The summed E-state index contributed by atoms with van der Waals surface area (Å²) in [7, 11) is -4.31. The highest BCUT2D eigenvalue weighted by atomic mass is 31.2. The lowest BCUT2D eigenvalue weighted by atomic mass is 9.99. The number of hydrogen-bond donors (Lipinski definition) is 3. The molecular weight excluding hydrogens is 363 g/mol. The predicted molar refractivity (Wildman–Crippen MR) is 108 cm³/mol. The highest BCUT2D eigenvalue weighted by Gasteiger charge is 2.24. The van der Waals surface area contributed by atoms with Gasteiger partial charge in [0.15, 0.2) is 0 Å². The number of nitrogens with two attached hydrogens (primary N) is 1. The fourth-order valence-electron chi connectivity index (χ4n) is 3.10. The monoisotopic (exact) mass is 382 g/mol. The molecule has 138 valence electrons. The Morgan fingerprint density at radius 2 is 1.52 bits per heavy atom. The van der Waals surface area contributed by atoms with E-state index in [9.17, 15) is 9.46 Å². The molecule has 6 nitrogen and oxygen atoms in total. The summed E-state index contributed by atoms with van der Waals surface area (Å²) < 4.78 is 22.2. The minimum atomic E-state index is -4.31. The number of nitrogens with one attached hydrogen (secondary N) is 1. The van der Waals surface area contributed by atoms with Gasteiger partial charge in [-0.25, -0.2) is 4.57 Å². The summed E-state index contributed by atoms with van der Waals surface area (Å²) in [4.78, 5) is 9.92. The molecule has 1 unspecified atom stereocenters. The van der Waals surface area contributed by atoms with E-state index >= 15 is 0 Å².